The van der Waals surface area contributed by atoms with E-state index < -0.39 is 0 Å². The van der Waals surface area contributed by atoms with Gasteiger partial charge in [-0.3, -0.25) is 0 Å². The normalized spacial score (nSPS) is 12.6. The second kappa shape index (κ2) is 6.87. The molecule has 0 fully saturated rings. The van der Waals surface area contributed by atoms with Gasteiger partial charge in [0.05, 0.1) is 6.04 Å². The van der Waals surface area contributed by atoms with Crippen LogP contribution in [0.2, 0.25) is 0 Å². The molecule has 0 aliphatic carbocycles. The molecule has 0 aliphatic heterocycles. The molecule has 0 spiro atoms. The van der Waals surface area contributed by atoms with E-state index in [1.165, 1.54) is 5.56 Å². The maximum absolute atomic E-state index is 4.47. The second-order valence-corrected chi connectivity index (χ2v) is 5.65. The van der Waals surface area contributed by atoms with E-state index >= 15 is 0 Å². The van der Waals surface area contributed by atoms with Crippen LogP contribution >= 0.6 is 15.9 Å². The summed E-state index contributed by atoms with van der Waals surface area (Å²) in [6.07, 6.45) is 5.94. The predicted octanol–water partition coefficient (Wildman–Crippen LogP) is 3.47. The minimum Gasteiger partial charge on any atom is -0.337 e. The lowest BCUT2D eigenvalue weighted by Crippen LogP contribution is -2.26. The summed E-state index contributed by atoms with van der Waals surface area (Å²) >= 11 is 3.47. The zero-order chi connectivity index (χ0) is 13.7. The summed E-state index contributed by atoms with van der Waals surface area (Å²) in [6.45, 7) is 3.19. The third kappa shape index (κ3) is 3.91. The van der Waals surface area contributed by atoms with E-state index in [4.69, 9.17) is 0 Å². The third-order valence-electron chi connectivity index (χ3n) is 3.16. The number of hydrogen-bond acceptors (Lipinski definition) is 2. The molecular formula is C15H20BrN3. The van der Waals surface area contributed by atoms with Crippen molar-refractivity contribution in [2.24, 2.45) is 7.05 Å². The molecule has 1 unspecified atom stereocenters. The molecule has 0 saturated carbocycles. The average Bonchev–Trinajstić information content (AvgIpc) is 2.83. The summed E-state index contributed by atoms with van der Waals surface area (Å²) in [6, 6.07) is 8.76. The van der Waals surface area contributed by atoms with E-state index in [9.17, 15) is 0 Å². The number of aryl methyl sites for hydroxylation is 1. The van der Waals surface area contributed by atoms with Crippen molar-refractivity contribution in [3.63, 3.8) is 0 Å². The van der Waals surface area contributed by atoms with Crippen molar-refractivity contribution in [1.82, 2.24) is 14.9 Å². The smallest absolute Gasteiger partial charge is 0.125 e. The summed E-state index contributed by atoms with van der Waals surface area (Å²) in [5.74, 6) is 1.09. The fraction of sp³-hybridized carbons (Fsp3) is 0.400. The van der Waals surface area contributed by atoms with Crippen LogP contribution in [0.25, 0.3) is 0 Å². The summed E-state index contributed by atoms with van der Waals surface area (Å²) in [7, 11) is 2.05. The highest BCUT2D eigenvalue weighted by atomic mass is 79.9. The highest BCUT2D eigenvalue weighted by Crippen LogP contribution is 2.18. The molecule has 0 aliphatic rings. The molecule has 1 N–H and O–H groups in total. The van der Waals surface area contributed by atoms with Gasteiger partial charge in [0.1, 0.15) is 5.82 Å². The molecule has 0 saturated heterocycles. The first-order valence-corrected chi connectivity index (χ1v) is 7.45. The van der Waals surface area contributed by atoms with Gasteiger partial charge >= 0.3 is 0 Å². The lowest BCUT2D eigenvalue weighted by molar-refractivity contribution is 0.491. The van der Waals surface area contributed by atoms with E-state index in [1.54, 1.807) is 0 Å². The molecule has 19 heavy (non-hydrogen) atoms. The van der Waals surface area contributed by atoms with Crippen LogP contribution in [0.5, 0.6) is 0 Å². The SMILES string of the molecule is CCCNC(Cc1ccc(Br)cc1)c1nccn1C. The number of nitrogens with one attached hydrogen (secondary N) is 1. The van der Waals surface area contributed by atoms with Crippen LogP contribution in [0.4, 0.5) is 0 Å². The van der Waals surface area contributed by atoms with Gasteiger partial charge in [-0.25, -0.2) is 4.98 Å². The Bertz CT molecular complexity index is 504. The zero-order valence-corrected chi connectivity index (χ0v) is 13.0. The molecule has 0 amide bonds. The summed E-state index contributed by atoms with van der Waals surface area (Å²) in [5.41, 5.74) is 1.32. The van der Waals surface area contributed by atoms with Crippen molar-refractivity contribution in [2.45, 2.75) is 25.8 Å². The van der Waals surface area contributed by atoms with Gasteiger partial charge in [-0.2, -0.15) is 0 Å². The third-order valence-corrected chi connectivity index (χ3v) is 3.69. The second-order valence-electron chi connectivity index (χ2n) is 4.73. The molecule has 1 heterocycles. The van der Waals surface area contributed by atoms with Gasteiger partial charge in [0.25, 0.3) is 0 Å². The predicted molar refractivity (Wildman–Crippen MR) is 82.1 cm³/mol. The topological polar surface area (TPSA) is 29.9 Å². The first kappa shape index (κ1) is 14.3. The maximum atomic E-state index is 4.47. The Morgan fingerprint density at radius 1 is 1.32 bits per heavy atom. The molecule has 2 aromatic rings. The minimum absolute atomic E-state index is 0.265. The lowest BCUT2D eigenvalue weighted by atomic mass is 10.1. The Balaban J connectivity index is 2.14. The van der Waals surface area contributed by atoms with Gasteiger partial charge in [-0.15, -0.1) is 0 Å². The molecular weight excluding hydrogens is 302 g/mol. The summed E-state index contributed by atoms with van der Waals surface area (Å²) in [4.78, 5) is 4.47. The average molecular weight is 322 g/mol. The van der Waals surface area contributed by atoms with Gasteiger partial charge < -0.3 is 9.88 Å². The Hall–Kier alpha value is -1.13. The minimum atomic E-state index is 0.265. The van der Waals surface area contributed by atoms with Crippen molar-refractivity contribution >= 4 is 15.9 Å². The highest BCUT2D eigenvalue weighted by molar-refractivity contribution is 9.10. The van der Waals surface area contributed by atoms with Crippen molar-refractivity contribution in [1.29, 1.82) is 0 Å². The van der Waals surface area contributed by atoms with E-state index in [0.717, 1.165) is 29.7 Å². The van der Waals surface area contributed by atoms with Crippen LogP contribution < -0.4 is 5.32 Å². The van der Waals surface area contributed by atoms with Gasteiger partial charge in [0, 0.05) is 23.9 Å². The fourth-order valence-corrected chi connectivity index (χ4v) is 2.41. The number of hydrogen-bond donors (Lipinski definition) is 1. The first-order valence-electron chi connectivity index (χ1n) is 6.65. The largest absolute Gasteiger partial charge is 0.337 e. The van der Waals surface area contributed by atoms with Crippen molar-refractivity contribution in [3.05, 3.63) is 52.5 Å². The van der Waals surface area contributed by atoms with Crippen LogP contribution in [0.15, 0.2) is 41.1 Å². The Labute approximate surface area is 123 Å². The Morgan fingerprint density at radius 3 is 2.63 bits per heavy atom. The van der Waals surface area contributed by atoms with E-state index in [1.807, 2.05) is 19.4 Å². The van der Waals surface area contributed by atoms with Gasteiger partial charge in [0.15, 0.2) is 0 Å². The number of aromatic nitrogens is 2. The summed E-state index contributed by atoms with van der Waals surface area (Å²) < 4.78 is 3.21. The number of rotatable bonds is 6. The van der Waals surface area contributed by atoms with E-state index in [2.05, 4.69) is 62.0 Å². The molecule has 1 atom stereocenters. The van der Waals surface area contributed by atoms with Crippen LogP contribution in [0.3, 0.4) is 0 Å². The summed E-state index contributed by atoms with van der Waals surface area (Å²) in [5, 5.41) is 3.58. The quantitative estimate of drug-likeness (QED) is 0.883. The van der Waals surface area contributed by atoms with E-state index in [-0.39, 0.29) is 6.04 Å². The van der Waals surface area contributed by atoms with Crippen LogP contribution in [-0.2, 0) is 13.5 Å². The van der Waals surface area contributed by atoms with Crippen LogP contribution in [0, 0.1) is 0 Å². The van der Waals surface area contributed by atoms with Crippen molar-refractivity contribution in [2.75, 3.05) is 6.54 Å². The maximum Gasteiger partial charge on any atom is 0.125 e. The first-order chi connectivity index (χ1) is 9.20. The molecule has 3 nitrogen and oxygen atoms in total. The molecule has 102 valence electrons. The highest BCUT2D eigenvalue weighted by Gasteiger charge is 2.15. The van der Waals surface area contributed by atoms with E-state index in [0.29, 0.717) is 0 Å². The Kier molecular flexibility index (Phi) is 5.16. The molecule has 1 aromatic heterocycles. The molecule has 1 aromatic carbocycles. The number of imidazole rings is 1. The molecule has 2 rings (SSSR count). The number of benzene rings is 1. The standard InChI is InChI=1S/C15H20BrN3/c1-3-8-17-14(15-18-9-10-19(15)2)11-12-4-6-13(16)7-5-12/h4-7,9-10,14,17H,3,8,11H2,1-2H3. The van der Waals surface area contributed by atoms with Gasteiger partial charge in [-0.05, 0) is 37.1 Å². The lowest BCUT2D eigenvalue weighted by Gasteiger charge is -2.18. The fourth-order valence-electron chi connectivity index (χ4n) is 2.14. The van der Waals surface area contributed by atoms with Crippen molar-refractivity contribution < 1.29 is 0 Å². The monoisotopic (exact) mass is 321 g/mol. The van der Waals surface area contributed by atoms with Gasteiger partial charge in [-0.1, -0.05) is 35.0 Å². The van der Waals surface area contributed by atoms with Crippen molar-refractivity contribution in [3.8, 4) is 0 Å². The van der Waals surface area contributed by atoms with Gasteiger partial charge in [0.2, 0.25) is 0 Å². The zero-order valence-electron chi connectivity index (χ0n) is 11.4. The van der Waals surface area contributed by atoms with Crippen LogP contribution in [-0.4, -0.2) is 16.1 Å². The molecule has 0 radical (unpaired) electrons. The number of nitrogens with zero attached hydrogens (tertiary/aromatic N) is 2. The molecule has 0 bridgehead atoms. The Morgan fingerprint density at radius 2 is 2.05 bits per heavy atom. The van der Waals surface area contributed by atoms with Crippen LogP contribution in [0.1, 0.15) is 30.8 Å². The molecule has 4 heteroatoms. The number of halogens is 1.